The summed E-state index contributed by atoms with van der Waals surface area (Å²) in [5.74, 6) is -0.784. The number of anilines is 2. The van der Waals surface area contributed by atoms with Crippen molar-refractivity contribution in [1.29, 1.82) is 0 Å². The maximum absolute atomic E-state index is 12.3. The molecular formula is C20H20N2O4S. The van der Waals surface area contributed by atoms with E-state index in [0.29, 0.717) is 17.1 Å². The SMILES string of the molecule is CCc1ccc(NC(=O)[C@H](C)OC(=O)c2ccc3c(c2)NC(=O)CS3)cc1. The number of hydrogen-bond donors (Lipinski definition) is 2. The molecule has 0 saturated heterocycles. The van der Waals surface area contributed by atoms with Gasteiger partial charge in [0.2, 0.25) is 5.91 Å². The van der Waals surface area contributed by atoms with Gasteiger partial charge in [0.1, 0.15) is 0 Å². The predicted octanol–water partition coefficient (Wildman–Crippen LogP) is 3.48. The van der Waals surface area contributed by atoms with E-state index < -0.39 is 18.0 Å². The summed E-state index contributed by atoms with van der Waals surface area (Å²) in [5.41, 5.74) is 2.68. The number of hydrogen-bond acceptors (Lipinski definition) is 5. The van der Waals surface area contributed by atoms with Crippen LogP contribution in [0.5, 0.6) is 0 Å². The molecule has 0 fully saturated rings. The Hall–Kier alpha value is -2.80. The molecule has 0 aliphatic carbocycles. The van der Waals surface area contributed by atoms with Gasteiger partial charge in [-0.15, -0.1) is 11.8 Å². The van der Waals surface area contributed by atoms with Gasteiger partial charge in [-0.3, -0.25) is 9.59 Å². The summed E-state index contributed by atoms with van der Waals surface area (Å²) in [4.78, 5) is 37.0. The van der Waals surface area contributed by atoms with Gasteiger partial charge in [-0.25, -0.2) is 4.79 Å². The standard InChI is InChI=1S/C20H20N2O4S/c1-3-13-4-7-15(8-5-13)21-19(24)12(2)26-20(25)14-6-9-17-16(10-14)22-18(23)11-27-17/h4-10,12H,3,11H2,1-2H3,(H,21,24)(H,22,23)/t12-/m0/s1. The average Bonchev–Trinajstić information content (AvgIpc) is 2.67. The van der Waals surface area contributed by atoms with E-state index in [0.717, 1.165) is 11.3 Å². The minimum Gasteiger partial charge on any atom is -0.449 e. The van der Waals surface area contributed by atoms with E-state index in [1.165, 1.54) is 24.2 Å². The van der Waals surface area contributed by atoms with E-state index in [1.54, 1.807) is 18.2 Å². The van der Waals surface area contributed by atoms with Crippen LogP contribution >= 0.6 is 11.8 Å². The van der Waals surface area contributed by atoms with E-state index in [9.17, 15) is 14.4 Å². The molecule has 1 aliphatic heterocycles. The van der Waals surface area contributed by atoms with Gasteiger partial charge < -0.3 is 15.4 Å². The molecule has 0 saturated carbocycles. The molecule has 2 aromatic rings. The average molecular weight is 384 g/mol. The number of rotatable bonds is 5. The van der Waals surface area contributed by atoms with E-state index in [4.69, 9.17) is 4.74 Å². The van der Waals surface area contributed by atoms with Crippen molar-refractivity contribution in [3.8, 4) is 0 Å². The van der Waals surface area contributed by atoms with Crippen molar-refractivity contribution < 1.29 is 19.1 Å². The van der Waals surface area contributed by atoms with Crippen LogP contribution in [0.1, 0.15) is 29.8 Å². The zero-order valence-electron chi connectivity index (χ0n) is 15.1. The molecule has 0 aromatic heterocycles. The summed E-state index contributed by atoms with van der Waals surface area (Å²) in [5, 5.41) is 5.46. The number of benzene rings is 2. The highest BCUT2D eigenvalue weighted by atomic mass is 32.2. The van der Waals surface area contributed by atoms with E-state index in [-0.39, 0.29) is 11.5 Å². The maximum Gasteiger partial charge on any atom is 0.338 e. The Morgan fingerprint density at radius 2 is 1.96 bits per heavy atom. The lowest BCUT2D eigenvalue weighted by Crippen LogP contribution is -2.30. The number of carbonyl (C=O) groups is 3. The quantitative estimate of drug-likeness (QED) is 0.771. The molecule has 27 heavy (non-hydrogen) atoms. The Bertz CT molecular complexity index is 880. The smallest absolute Gasteiger partial charge is 0.338 e. The van der Waals surface area contributed by atoms with Crippen molar-refractivity contribution in [3.05, 3.63) is 53.6 Å². The van der Waals surface area contributed by atoms with Crippen molar-refractivity contribution in [2.45, 2.75) is 31.3 Å². The van der Waals surface area contributed by atoms with Crippen LogP contribution in [-0.2, 0) is 20.7 Å². The van der Waals surface area contributed by atoms with E-state index in [1.807, 2.05) is 24.3 Å². The highest BCUT2D eigenvalue weighted by Crippen LogP contribution is 2.32. The van der Waals surface area contributed by atoms with Crippen molar-refractivity contribution >= 4 is 40.9 Å². The van der Waals surface area contributed by atoms with Crippen LogP contribution in [0.15, 0.2) is 47.4 Å². The minimum absolute atomic E-state index is 0.111. The fraction of sp³-hybridized carbons (Fsp3) is 0.250. The molecular weight excluding hydrogens is 364 g/mol. The summed E-state index contributed by atoms with van der Waals surface area (Å²) in [6.45, 7) is 3.57. The molecule has 140 valence electrons. The third kappa shape index (κ3) is 4.68. The summed E-state index contributed by atoms with van der Waals surface area (Å²) in [7, 11) is 0. The molecule has 3 rings (SSSR count). The van der Waals surface area contributed by atoms with Gasteiger partial charge in [0, 0.05) is 10.6 Å². The van der Waals surface area contributed by atoms with Gasteiger partial charge in [-0.2, -0.15) is 0 Å². The van der Waals surface area contributed by atoms with Crippen molar-refractivity contribution in [2.24, 2.45) is 0 Å². The first-order chi connectivity index (χ1) is 13.0. The molecule has 6 nitrogen and oxygen atoms in total. The van der Waals surface area contributed by atoms with Gasteiger partial charge in [-0.1, -0.05) is 19.1 Å². The number of amides is 2. The summed E-state index contributed by atoms with van der Waals surface area (Å²) < 4.78 is 5.26. The molecule has 7 heteroatoms. The number of aryl methyl sites for hydroxylation is 1. The van der Waals surface area contributed by atoms with Crippen molar-refractivity contribution in [2.75, 3.05) is 16.4 Å². The molecule has 0 spiro atoms. The minimum atomic E-state index is -0.955. The Labute approximate surface area is 161 Å². The lowest BCUT2D eigenvalue weighted by Gasteiger charge is -2.18. The van der Waals surface area contributed by atoms with Gasteiger partial charge >= 0.3 is 5.97 Å². The normalized spacial score (nSPS) is 13.9. The fourth-order valence-corrected chi connectivity index (χ4v) is 3.35. The van der Waals surface area contributed by atoms with Crippen molar-refractivity contribution in [3.63, 3.8) is 0 Å². The summed E-state index contributed by atoms with van der Waals surface area (Å²) >= 11 is 1.41. The number of esters is 1. The molecule has 2 amide bonds. The largest absolute Gasteiger partial charge is 0.449 e. The molecule has 1 heterocycles. The first kappa shape index (κ1) is 19.0. The number of carbonyl (C=O) groups excluding carboxylic acids is 3. The van der Waals surface area contributed by atoms with Crippen LogP contribution in [0.3, 0.4) is 0 Å². The molecule has 2 N–H and O–H groups in total. The van der Waals surface area contributed by atoms with Gasteiger partial charge in [-0.05, 0) is 49.2 Å². The highest BCUT2D eigenvalue weighted by Gasteiger charge is 2.21. The molecule has 0 radical (unpaired) electrons. The third-order valence-electron chi connectivity index (χ3n) is 4.13. The summed E-state index contributed by atoms with van der Waals surface area (Å²) in [6.07, 6.45) is -0.0366. The third-order valence-corrected chi connectivity index (χ3v) is 5.20. The van der Waals surface area contributed by atoms with Gasteiger partial charge in [0.25, 0.3) is 5.91 Å². The van der Waals surface area contributed by atoms with E-state index >= 15 is 0 Å². The molecule has 1 aliphatic rings. The second-order valence-corrected chi connectivity index (χ2v) is 7.15. The number of ether oxygens (including phenoxy) is 1. The van der Waals surface area contributed by atoms with Crippen LogP contribution in [0.4, 0.5) is 11.4 Å². The van der Waals surface area contributed by atoms with Crippen LogP contribution in [0.25, 0.3) is 0 Å². The van der Waals surface area contributed by atoms with Crippen LogP contribution < -0.4 is 10.6 Å². The Kier molecular flexibility index (Phi) is 5.81. The Balaban J connectivity index is 1.62. The second kappa shape index (κ2) is 8.26. The number of fused-ring (bicyclic) bond motifs is 1. The zero-order valence-corrected chi connectivity index (χ0v) is 15.9. The Morgan fingerprint density at radius 3 is 2.67 bits per heavy atom. The lowest BCUT2D eigenvalue weighted by molar-refractivity contribution is -0.123. The first-order valence-corrected chi connectivity index (χ1v) is 9.62. The molecule has 1 atom stereocenters. The Morgan fingerprint density at radius 1 is 1.22 bits per heavy atom. The first-order valence-electron chi connectivity index (χ1n) is 8.63. The molecule has 0 bridgehead atoms. The highest BCUT2D eigenvalue weighted by molar-refractivity contribution is 8.00. The van der Waals surface area contributed by atoms with Gasteiger partial charge in [0.05, 0.1) is 17.0 Å². The predicted molar refractivity (Wildman–Crippen MR) is 105 cm³/mol. The van der Waals surface area contributed by atoms with E-state index in [2.05, 4.69) is 17.6 Å². The zero-order chi connectivity index (χ0) is 19.4. The number of nitrogens with one attached hydrogen (secondary N) is 2. The van der Waals surface area contributed by atoms with Crippen LogP contribution in [0.2, 0.25) is 0 Å². The summed E-state index contributed by atoms with van der Waals surface area (Å²) in [6, 6.07) is 12.5. The fourth-order valence-electron chi connectivity index (χ4n) is 2.56. The van der Waals surface area contributed by atoms with Gasteiger partial charge in [0.15, 0.2) is 6.10 Å². The number of thioether (sulfide) groups is 1. The molecule has 0 unspecified atom stereocenters. The second-order valence-electron chi connectivity index (χ2n) is 6.14. The monoisotopic (exact) mass is 384 g/mol. The van der Waals surface area contributed by atoms with Crippen LogP contribution in [-0.4, -0.2) is 29.6 Å². The molecule has 2 aromatic carbocycles. The van der Waals surface area contributed by atoms with Crippen LogP contribution in [0, 0.1) is 0 Å². The topological polar surface area (TPSA) is 84.5 Å². The van der Waals surface area contributed by atoms with Crippen molar-refractivity contribution in [1.82, 2.24) is 0 Å². The maximum atomic E-state index is 12.3. The lowest BCUT2D eigenvalue weighted by atomic mass is 10.1.